The first kappa shape index (κ1) is 25.0. The first-order chi connectivity index (χ1) is 14.9. The summed E-state index contributed by atoms with van der Waals surface area (Å²) in [5, 5.41) is 3.55. The fourth-order valence-electron chi connectivity index (χ4n) is 3.17. The standard InChI is InChI=1S/C22H28N2O7S2/c1-21(2,3)12-30-20(24-23)13-9-17-19(18(10-13)33(27,28)29)31-15-8-7-14(22(4,5)6)11-16(15)32(17,25)26/h7-11H,12,23H2,1-6H3,(H,27,28,29). The van der Waals surface area contributed by atoms with Crippen LogP contribution in [-0.2, 0) is 30.1 Å². The maximum Gasteiger partial charge on any atom is 0.298 e. The molecule has 0 amide bonds. The summed E-state index contributed by atoms with van der Waals surface area (Å²) >= 11 is 0. The van der Waals surface area contributed by atoms with Crippen molar-refractivity contribution in [3.63, 3.8) is 0 Å². The molecule has 0 saturated heterocycles. The van der Waals surface area contributed by atoms with Crippen LogP contribution in [0.2, 0.25) is 0 Å². The van der Waals surface area contributed by atoms with Gasteiger partial charge in [0, 0.05) is 5.56 Å². The van der Waals surface area contributed by atoms with Crippen LogP contribution in [0.4, 0.5) is 0 Å². The molecule has 0 fully saturated rings. The number of hydrazone groups is 1. The largest absolute Gasteiger partial charge is 0.476 e. The lowest BCUT2D eigenvalue weighted by Crippen LogP contribution is -2.22. The van der Waals surface area contributed by atoms with E-state index in [9.17, 15) is 21.4 Å². The van der Waals surface area contributed by atoms with Gasteiger partial charge < -0.3 is 15.3 Å². The van der Waals surface area contributed by atoms with E-state index in [0.717, 1.165) is 11.6 Å². The second kappa shape index (κ2) is 8.00. The van der Waals surface area contributed by atoms with Gasteiger partial charge in [-0.2, -0.15) is 8.42 Å². The molecule has 0 bridgehead atoms. The highest BCUT2D eigenvalue weighted by Crippen LogP contribution is 2.47. The molecule has 180 valence electrons. The monoisotopic (exact) mass is 496 g/mol. The van der Waals surface area contributed by atoms with E-state index in [1.54, 1.807) is 6.07 Å². The number of rotatable bonds is 3. The molecule has 3 N–H and O–H groups in total. The number of hydrogen-bond donors (Lipinski definition) is 2. The van der Waals surface area contributed by atoms with Gasteiger partial charge in [0.15, 0.2) is 5.75 Å². The molecule has 1 aliphatic heterocycles. The van der Waals surface area contributed by atoms with Gasteiger partial charge in [0.2, 0.25) is 15.7 Å². The van der Waals surface area contributed by atoms with Gasteiger partial charge in [0.25, 0.3) is 10.1 Å². The van der Waals surface area contributed by atoms with Gasteiger partial charge in [-0.25, -0.2) is 8.42 Å². The van der Waals surface area contributed by atoms with E-state index < -0.39 is 35.5 Å². The Balaban J connectivity index is 2.27. The molecule has 0 saturated carbocycles. The summed E-state index contributed by atoms with van der Waals surface area (Å²) in [7, 11) is -9.10. The molecule has 3 rings (SSSR count). The van der Waals surface area contributed by atoms with E-state index in [4.69, 9.17) is 15.3 Å². The third-order valence-corrected chi connectivity index (χ3v) is 7.54. The van der Waals surface area contributed by atoms with Crippen LogP contribution in [0, 0.1) is 5.41 Å². The molecule has 2 aromatic rings. The zero-order valence-corrected chi connectivity index (χ0v) is 21.0. The first-order valence-electron chi connectivity index (χ1n) is 10.1. The Morgan fingerprint density at radius 1 is 1.09 bits per heavy atom. The fourth-order valence-corrected chi connectivity index (χ4v) is 5.47. The molecule has 0 unspecified atom stereocenters. The van der Waals surface area contributed by atoms with Gasteiger partial charge in [-0.15, -0.1) is 5.10 Å². The van der Waals surface area contributed by atoms with Crippen molar-refractivity contribution in [2.75, 3.05) is 6.61 Å². The quantitative estimate of drug-likeness (QED) is 0.183. The molecular weight excluding hydrogens is 468 g/mol. The molecule has 9 nitrogen and oxygen atoms in total. The van der Waals surface area contributed by atoms with Crippen LogP contribution in [0.3, 0.4) is 0 Å². The number of ether oxygens (including phenoxy) is 2. The van der Waals surface area contributed by atoms with Gasteiger partial charge in [0.1, 0.15) is 20.4 Å². The highest BCUT2D eigenvalue weighted by Gasteiger charge is 2.38. The lowest BCUT2D eigenvalue weighted by Gasteiger charge is -2.26. The van der Waals surface area contributed by atoms with E-state index in [-0.39, 0.29) is 39.5 Å². The minimum Gasteiger partial charge on any atom is -0.476 e. The van der Waals surface area contributed by atoms with Crippen LogP contribution >= 0.6 is 0 Å². The Morgan fingerprint density at radius 2 is 1.73 bits per heavy atom. The average molecular weight is 497 g/mol. The average Bonchev–Trinajstić information content (AvgIpc) is 2.66. The minimum atomic E-state index is -4.88. The highest BCUT2D eigenvalue weighted by molar-refractivity contribution is 7.92. The van der Waals surface area contributed by atoms with Gasteiger partial charge in [-0.1, -0.05) is 47.6 Å². The highest BCUT2D eigenvalue weighted by atomic mass is 32.2. The molecule has 0 aromatic heterocycles. The van der Waals surface area contributed by atoms with Crippen molar-refractivity contribution in [1.82, 2.24) is 0 Å². The van der Waals surface area contributed by atoms with Crippen molar-refractivity contribution in [2.45, 2.75) is 61.6 Å². The summed E-state index contributed by atoms with van der Waals surface area (Å²) in [6.45, 7) is 11.7. The van der Waals surface area contributed by atoms with Gasteiger partial charge >= 0.3 is 0 Å². The van der Waals surface area contributed by atoms with E-state index in [2.05, 4.69) is 5.10 Å². The van der Waals surface area contributed by atoms with Crippen LogP contribution in [-0.4, -0.2) is 33.9 Å². The fraction of sp³-hybridized carbons (Fsp3) is 0.409. The number of fused-ring (bicyclic) bond motifs is 2. The number of sulfone groups is 1. The second-order valence-electron chi connectivity index (χ2n) is 10.1. The second-order valence-corrected chi connectivity index (χ2v) is 13.4. The molecule has 11 heteroatoms. The van der Waals surface area contributed by atoms with Crippen LogP contribution in [0.5, 0.6) is 11.5 Å². The Hall–Kier alpha value is -2.63. The van der Waals surface area contributed by atoms with E-state index >= 15 is 0 Å². The van der Waals surface area contributed by atoms with Crippen LogP contribution in [0.25, 0.3) is 0 Å². The molecule has 1 heterocycles. The van der Waals surface area contributed by atoms with Crippen molar-refractivity contribution in [3.8, 4) is 11.5 Å². The molecule has 0 radical (unpaired) electrons. The van der Waals surface area contributed by atoms with E-state index in [0.29, 0.717) is 0 Å². The maximum absolute atomic E-state index is 13.6. The molecule has 1 aliphatic rings. The van der Waals surface area contributed by atoms with Crippen LogP contribution in [0.15, 0.2) is 50.1 Å². The van der Waals surface area contributed by atoms with Crippen LogP contribution in [0.1, 0.15) is 52.7 Å². The summed E-state index contributed by atoms with van der Waals surface area (Å²) in [6, 6.07) is 6.88. The number of nitrogens with zero attached hydrogens (tertiary/aromatic N) is 1. The summed E-state index contributed by atoms with van der Waals surface area (Å²) in [5.41, 5.74) is 0.0939. The van der Waals surface area contributed by atoms with Crippen molar-refractivity contribution < 1.29 is 30.9 Å². The molecule has 2 aromatic carbocycles. The summed E-state index contributed by atoms with van der Waals surface area (Å²) < 4.78 is 72.6. The zero-order chi connectivity index (χ0) is 25.0. The third-order valence-electron chi connectivity index (χ3n) is 4.91. The Kier molecular flexibility index (Phi) is 6.06. The number of nitrogens with two attached hydrogens (primary N) is 1. The minimum absolute atomic E-state index is 0.0317. The SMILES string of the molecule is CC(C)(C)COC(=NN)c1cc(S(=O)(=O)O)c2c(c1)S(=O)(=O)c1cc(C(C)(C)C)ccc1O2. The van der Waals surface area contributed by atoms with E-state index in [1.165, 1.54) is 18.2 Å². The molecule has 0 atom stereocenters. The normalized spacial score (nSPS) is 15.9. The first-order valence-corrected chi connectivity index (χ1v) is 13.0. The van der Waals surface area contributed by atoms with Gasteiger partial charge in [-0.3, -0.25) is 4.55 Å². The molecule has 33 heavy (non-hydrogen) atoms. The Bertz CT molecular complexity index is 1350. The lowest BCUT2D eigenvalue weighted by atomic mass is 9.87. The van der Waals surface area contributed by atoms with Crippen molar-refractivity contribution in [2.24, 2.45) is 16.4 Å². The molecule has 0 aliphatic carbocycles. The topological polar surface area (TPSA) is 145 Å². The zero-order valence-electron chi connectivity index (χ0n) is 19.3. The van der Waals surface area contributed by atoms with Crippen molar-refractivity contribution >= 4 is 25.9 Å². The van der Waals surface area contributed by atoms with E-state index in [1.807, 2.05) is 41.5 Å². The smallest absolute Gasteiger partial charge is 0.298 e. The maximum atomic E-state index is 13.6. The number of hydrogen-bond acceptors (Lipinski definition) is 8. The Labute approximate surface area is 194 Å². The van der Waals surface area contributed by atoms with Gasteiger partial charge in [-0.05, 0) is 40.7 Å². The predicted molar refractivity (Wildman–Crippen MR) is 123 cm³/mol. The molecular formula is C22H28N2O7S2. The lowest BCUT2D eigenvalue weighted by molar-refractivity contribution is 0.187. The summed E-state index contributed by atoms with van der Waals surface area (Å²) in [4.78, 5) is -1.28. The predicted octanol–water partition coefficient (Wildman–Crippen LogP) is 3.85. The van der Waals surface area contributed by atoms with Crippen molar-refractivity contribution in [1.29, 1.82) is 0 Å². The Morgan fingerprint density at radius 3 is 2.24 bits per heavy atom. The third kappa shape index (κ3) is 4.99. The number of benzene rings is 2. The van der Waals surface area contributed by atoms with Gasteiger partial charge in [0.05, 0.1) is 6.61 Å². The summed E-state index contributed by atoms with van der Waals surface area (Å²) in [6.07, 6.45) is 0. The summed E-state index contributed by atoms with van der Waals surface area (Å²) in [5.74, 6) is 4.74. The van der Waals surface area contributed by atoms with Crippen molar-refractivity contribution in [3.05, 3.63) is 41.5 Å². The molecule has 0 spiro atoms. The van der Waals surface area contributed by atoms with Crippen LogP contribution < -0.4 is 10.6 Å².